The maximum Gasteiger partial charge on any atom is 0.316 e. The number of carboxylic acids is 1. The van der Waals surface area contributed by atoms with E-state index in [1.807, 2.05) is 58.0 Å². The molecule has 0 aromatic heterocycles. The van der Waals surface area contributed by atoms with Crippen LogP contribution in [0.4, 0.5) is 0 Å². The van der Waals surface area contributed by atoms with Crippen molar-refractivity contribution in [1.82, 2.24) is 0 Å². The van der Waals surface area contributed by atoms with Crippen molar-refractivity contribution in [2.75, 3.05) is 34.5 Å². The van der Waals surface area contributed by atoms with Crippen molar-refractivity contribution in [3.8, 4) is 5.75 Å². The highest BCUT2D eigenvalue weighted by atomic mass is 28.4. The standard InChI is InChI=1S/C50H78O10Si/c1-12-17-19-20-21-22-24-37-32-41-44-43(40(37)33-42(60-61(14-3,15-4)16-5)50(55-10,56-11)30-23-18-13-2)38(34-57-47(53)48(6,7)8)29-31-49(41,46(51)52)35-58-45(59-44)36-25-27-39(54-9)28-26-36/h12-13,17-18,25-29,32,37,40,42-45H,14-16,19-24,30-31,33-35H2,1-11H3,(H,51,52)/b17-12+,18-13+/t37-,40+,42-,43-,44+,45?,49-/m1/s1. The predicted octanol–water partition coefficient (Wildman–Crippen LogP) is 11.5. The summed E-state index contributed by atoms with van der Waals surface area (Å²) in [5, 5.41) is 11.3. The second-order valence-corrected chi connectivity index (χ2v) is 23.0. The number of hydrogen-bond acceptors (Lipinski definition) is 9. The number of carbonyl (C=O) groups excluding carboxylic acids is 1. The molecule has 2 aliphatic carbocycles. The molecule has 1 aromatic carbocycles. The first-order valence-electron chi connectivity index (χ1n) is 22.9. The maximum atomic E-state index is 13.9. The van der Waals surface area contributed by atoms with Gasteiger partial charge in [-0.15, -0.1) is 0 Å². The van der Waals surface area contributed by atoms with Crippen LogP contribution >= 0.6 is 0 Å². The van der Waals surface area contributed by atoms with Crippen molar-refractivity contribution in [2.45, 2.75) is 156 Å². The van der Waals surface area contributed by atoms with Crippen molar-refractivity contribution < 1.29 is 47.5 Å². The van der Waals surface area contributed by atoms with E-state index in [0.717, 1.165) is 73.4 Å². The number of esters is 1. The lowest BCUT2D eigenvalue weighted by Gasteiger charge is -2.49. The number of hydrogen-bond donors (Lipinski definition) is 1. The summed E-state index contributed by atoms with van der Waals surface area (Å²) >= 11 is 0. The van der Waals surface area contributed by atoms with Crippen molar-refractivity contribution >= 4 is 20.3 Å². The lowest BCUT2D eigenvalue weighted by molar-refractivity contribution is -0.263. The largest absolute Gasteiger partial charge is 0.497 e. The summed E-state index contributed by atoms with van der Waals surface area (Å²) in [5.41, 5.74) is 0.244. The van der Waals surface area contributed by atoms with Gasteiger partial charge in [-0.1, -0.05) is 82.2 Å². The summed E-state index contributed by atoms with van der Waals surface area (Å²) in [7, 11) is 2.79. The van der Waals surface area contributed by atoms with Crippen LogP contribution < -0.4 is 4.74 Å². The van der Waals surface area contributed by atoms with Gasteiger partial charge in [-0.25, -0.2) is 0 Å². The monoisotopic (exact) mass is 867 g/mol. The van der Waals surface area contributed by atoms with Crippen LogP contribution in [0.25, 0.3) is 0 Å². The van der Waals surface area contributed by atoms with E-state index in [4.69, 9.17) is 32.8 Å². The molecule has 1 N–H and O–H groups in total. The first-order chi connectivity index (χ1) is 29.2. The van der Waals surface area contributed by atoms with E-state index in [-0.39, 0.29) is 43.4 Å². The summed E-state index contributed by atoms with van der Waals surface area (Å²) in [4.78, 5) is 27.4. The van der Waals surface area contributed by atoms with E-state index in [2.05, 4.69) is 58.1 Å². The minimum absolute atomic E-state index is 0.0221. The van der Waals surface area contributed by atoms with Crippen molar-refractivity contribution in [2.24, 2.45) is 28.6 Å². The molecule has 4 bridgehead atoms. The predicted molar refractivity (Wildman–Crippen MR) is 244 cm³/mol. The molecule has 0 spiro atoms. The fourth-order valence-electron chi connectivity index (χ4n) is 9.65. The molecule has 1 saturated heterocycles. The van der Waals surface area contributed by atoms with Gasteiger partial charge in [-0.3, -0.25) is 9.59 Å². The molecule has 0 amide bonds. The molecule has 11 heteroatoms. The summed E-state index contributed by atoms with van der Waals surface area (Å²) in [6.45, 7) is 16.3. The highest BCUT2D eigenvalue weighted by Crippen LogP contribution is 2.56. The van der Waals surface area contributed by atoms with E-state index < -0.39 is 49.4 Å². The van der Waals surface area contributed by atoms with Crippen LogP contribution in [-0.4, -0.2) is 77.9 Å². The van der Waals surface area contributed by atoms with E-state index in [9.17, 15) is 14.7 Å². The Morgan fingerprint density at radius 3 is 2.18 bits per heavy atom. The van der Waals surface area contributed by atoms with Crippen LogP contribution in [0.15, 0.2) is 71.9 Å². The Hall–Kier alpha value is -3.06. The normalized spacial score (nSPS) is 25.1. The Morgan fingerprint density at radius 2 is 1.61 bits per heavy atom. The Morgan fingerprint density at radius 1 is 0.951 bits per heavy atom. The highest BCUT2D eigenvalue weighted by molar-refractivity contribution is 6.73. The fourth-order valence-corrected chi connectivity index (χ4v) is 12.5. The molecule has 4 rings (SSSR count). The van der Waals surface area contributed by atoms with Crippen LogP contribution in [-0.2, 0) is 37.7 Å². The highest BCUT2D eigenvalue weighted by Gasteiger charge is 2.58. The molecule has 1 aliphatic heterocycles. The van der Waals surface area contributed by atoms with Gasteiger partial charge in [-0.2, -0.15) is 0 Å². The second kappa shape index (κ2) is 23.0. The minimum Gasteiger partial charge on any atom is -0.497 e. The zero-order chi connectivity index (χ0) is 44.8. The summed E-state index contributed by atoms with van der Waals surface area (Å²) in [6.07, 6.45) is 17.8. The molecule has 10 nitrogen and oxygen atoms in total. The van der Waals surface area contributed by atoms with Crippen LogP contribution in [0.3, 0.4) is 0 Å². The third kappa shape index (κ3) is 11.9. The van der Waals surface area contributed by atoms with Crippen LogP contribution in [0.2, 0.25) is 18.1 Å². The lowest BCUT2D eigenvalue weighted by atomic mass is 9.62. The molecule has 3 aliphatic rings. The Bertz CT molecular complexity index is 1660. The summed E-state index contributed by atoms with van der Waals surface area (Å²) in [5.74, 6) is -2.20. The number of carboxylic acid groups (broad SMARTS) is 1. The number of aliphatic carboxylic acids is 1. The molecule has 61 heavy (non-hydrogen) atoms. The van der Waals surface area contributed by atoms with Gasteiger partial charge >= 0.3 is 11.9 Å². The van der Waals surface area contributed by atoms with Crippen molar-refractivity contribution in [3.63, 3.8) is 0 Å². The average molecular weight is 867 g/mol. The van der Waals surface area contributed by atoms with Crippen LogP contribution in [0, 0.1) is 28.6 Å². The second-order valence-electron chi connectivity index (χ2n) is 18.3. The minimum atomic E-state index is -2.28. The molecular weight excluding hydrogens is 789 g/mol. The fraction of sp³-hybridized carbons (Fsp3) is 0.680. The van der Waals surface area contributed by atoms with Gasteiger partial charge in [0, 0.05) is 32.1 Å². The quantitative estimate of drug-likeness (QED) is 0.0354. The van der Waals surface area contributed by atoms with Crippen LogP contribution in [0.1, 0.15) is 125 Å². The first kappa shape index (κ1) is 50.6. The third-order valence-electron chi connectivity index (χ3n) is 13.8. The molecule has 0 saturated carbocycles. The van der Waals surface area contributed by atoms with E-state index >= 15 is 0 Å². The van der Waals surface area contributed by atoms with Crippen LogP contribution in [0.5, 0.6) is 5.75 Å². The molecule has 7 atom stereocenters. The number of benzene rings is 1. The van der Waals surface area contributed by atoms with Crippen molar-refractivity contribution in [1.29, 1.82) is 0 Å². The van der Waals surface area contributed by atoms with E-state index in [1.165, 1.54) is 0 Å². The smallest absolute Gasteiger partial charge is 0.316 e. The van der Waals surface area contributed by atoms with Gasteiger partial charge in [0.05, 0.1) is 31.3 Å². The van der Waals surface area contributed by atoms with Gasteiger partial charge in [0.25, 0.3) is 0 Å². The van der Waals surface area contributed by atoms with E-state index in [1.54, 1.807) is 21.3 Å². The average Bonchev–Trinajstić information content (AvgIpc) is 3.48. The first-order valence-corrected chi connectivity index (χ1v) is 25.4. The van der Waals surface area contributed by atoms with Gasteiger partial charge in [0.15, 0.2) is 20.4 Å². The summed E-state index contributed by atoms with van der Waals surface area (Å²) in [6, 6.07) is 10.4. The number of unbranched alkanes of at least 4 members (excludes halogenated alkanes) is 3. The molecular formula is C50H78O10Si. The molecule has 1 aromatic rings. The van der Waals surface area contributed by atoms with Gasteiger partial charge in [-0.05, 0) is 126 Å². The van der Waals surface area contributed by atoms with Gasteiger partial charge < -0.3 is 38.0 Å². The molecule has 1 unspecified atom stereocenters. The SMILES string of the molecule is C/C=C/CCCCC[C@@H]1C=C2[C@@H]3OC(c4ccc(OC)cc4)OC[C@]2(C(=O)O)CC=C(COC(=O)C(C)(C)C)[C@@H]3[C@H]1C[C@@H](O[Si](CC)(CC)CC)C(CC/C=C/C)(OC)OC. The lowest BCUT2D eigenvalue weighted by Crippen LogP contribution is -2.55. The van der Waals surface area contributed by atoms with Gasteiger partial charge in [0.2, 0.25) is 0 Å². The topological polar surface area (TPSA) is 119 Å². The third-order valence-corrected chi connectivity index (χ3v) is 18.4. The molecule has 1 heterocycles. The number of ether oxygens (including phenoxy) is 6. The number of rotatable bonds is 24. The van der Waals surface area contributed by atoms with E-state index in [0.29, 0.717) is 18.6 Å². The Balaban J connectivity index is 2.00. The molecule has 0 radical (unpaired) electrons. The van der Waals surface area contributed by atoms with Gasteiger partial charge in [0.1, 0.15) is 17.8 Å². The number of methoxy groups -OCH3 is 3. The number of carbonyl (C=O) groups is 2. The van der Waals surface area contributed by atoms with Crippen molar-refractivity contribution in [3.05, 3.63) is 77.4 Å². The summed E-state index contributed by atoms with van der Waals surface area (Å²) < 4.78 is 46.0. The zero-order valence-corrected chi connectivity index (χ0v) is 40.3. The molecule has 342 valence electrons. The Kier molecular flexibility index (Phi) is 19.1. The Labute approximate surface area is 368 Å². The molecule has 1 fully saturated rings. The maximum absolute atomic E-state index is 13.9. The number of allylic oxidation sites excluding steroid dienone is 6. The zero-order valence-electron chi connectivity index (χ0n) is 39.3.